The summed E-state index contributed by atoms with van der Waals surface area (Å²) in [6, 6.07) is 6.17. The molecule has 102 valence electrons. The first kappa shape index (κ1) is 12.9. The van der Waals surface area contributed by atoms with E-state index in [-0.39, 0.29) is 0 Å². The Bertz CT molecular complexity index is 716. The van der Waals surface area contributed by atoms with E-state index in [4.69, 9.17) is 10.1 Å². The van der Waals surface area contributed by atoms with Gasteiger partial charge in [-0.3, -0.25) is 4.98 Å². The number of para-hydroxylation sites is 1. The predicted octanol–water partition coefficient (Wildman–Crippen LogP) is 3.38. The molecule has 0 atom stereocenters. The maximum atomic E-state index is 10.8. The number of benzene rings is 1. The van der Waals surface area contributed by atoms with Crippen LogP contribution in [0.4, 0.5) is 0 Å². The number of carbonyl (C=O) groups is 1. The second-order valence-corrected chi connectivity index (χ2v) is 5.14. The molecule has 0 bridgehead atoms. The van der Waals surface area contributed by atoms with E-state index in [0.29, 0.717) is 0 Å². The lowest BCUT2D eigenvalue weighted by Crippen LogP contribution is -1.98. The summed E-state index contributed by atoms with van der Waals surface area (Å²) in [5.41, 5.74) is 5.66. The van der Waals surface area contributed by atoms with Gasteiger partial charge in [0.15, 0.2) is 0 Å². The van der Waals surface area contributed by atoms with Crippen LogP contribution in [0, 0.1) is 0 Å². The Morgan fingerprint density at radius 2 is 2.25 bits per heavy atom. The molecule has 0 saturated carbocycles. The largest absolute Gasteiger partial charge is 0.478 e. The normalized spacial score (nSPS) is 14.1. The third kappa shape index (κ3) is 2.09. The number of rotatable bonds is 3. The topological polar surface area (TPSA) is 50.2 Å². The highest BCUT2D eigenvalue weighted by Crippen LogP contribution is 2.32. The van der Waals surface area contributed by atoms with Crippen molar-refractivity contribution >= 4 is 22.9 Å². The van der Waals surface area contributed by atoms with Crippen LogP contribution in [-0.4, -0.2) is 16.1 Å². The van der Waals surface area contributed by atoms with Crippen LogP contribution in [0.15, 0.2) is 24.3 Å². The maximum absolute atomic E-state index is 10.8. The number of aliphatic carboxylic acids is 1. The van der Waals surface area contributed by atoms with Gasteiger partial charge in [0.2, 0.25) is 0 Å². The average Bonchev–Trinajstić information content (AvgIpc) is 2.90. The summed E-state index contributed by atoms with van der Waals surface area (Å²) in [6.07, 6.45) is 6.99. The molecule has 1 N–H and O–H groups in total. The van der Waals surface area contributed by atoms with Crippen LogP contribution >= 0.6 is 0 Å². The van der Waals surface area contributed by atoms with Gasteiger partial charge in [0.05, 0.1) is 5.52 Å². The summed E-state index contributed by atoms with van der Waals surface area (Å²) in [5.74, 6) is -0.909. The monoisotopic (exact) mass is 267 g/mol. The molecule has 1 heterocycles. The highest BCUT2D eigenvalue weighted by molar-refractivity contribution is 5.95. The fourth-order valence-electron chi connectivity index (χ4n) is 3.01. The van der Waals surface area contributed by atoms with E-state index in [1.165, 1.54) is 17.2 Å². The standard InChI is InChI=1S/C17H17NO2/c1-2-11-5-3-7-14-12(9-10-16(19)20)13-6-4-8-15(13)18-17(11)14/h3,5,7,9-10H,2,4,6,8H2,1H3,(H,19,20)/b10-9+. The second-order valence-electron chi connectivity index (χ2n) is 5.14. The van der Waals surface area contributed by atoms with Crippen molar-refractivity contribution < 1.29 is 9.90 Å². The second kappa shape index (κ2) is 5.08. The molecule has 20 heavy (non-hydrogen) atoms. The zero-order valence-electron chi connectivity index (χ0n) is 11.5. The predicted molar refractivity (Wildman–Crippen MR) is 79.8 cm³/mol. The zero-order chi connectivity index (χ0) is 14.1. The summed E-state index contributed by atoms with van der Waals surface area (Å²) in [7, 11) is 0. The van der Waals surface area contributed by atoms with Gasteiger partial charge in [0.25, 0.3) is 0 Å². The SMILES string of the molecule is CCc1cccc2c(/C=C/C(=O)O)c3c(nc12)CCC3. The molecule has 0 unspecified atom stereocenters. The molecule has 0 amide bonds. The maximum Gasteiger partial charge on any atom is 0.328 e. The molecule has 3 nitrogen and oxygen atoms in total. The number of aromatic nitrogens is 1. The van der Waals surface area contributed by atoms with Crippen LogP contribution in [0.5, 0.6) is 0 Å². The summed E-state index contributed by atoms with van der Waals surface area (Å²) >= 11 is 0. The number of aryl methyl sites for hydroxylation is 2. The first-order chi connectivity index (χ1) is 9.70. The molecule has 3 heteroatoms. The van der Waals surface area contributed by atoms with Crippen LogP contribution in [0.1, 0.15) is 35.7 Å². The number of nitrogens with zero attached hydrogens (tertiary/aromatic N) is 1. The van der Waals surface area contributed by atoms with Gasteiger partial charge in [-0.1, -0.05) is 25.1 Å². The van der Waals surface area contributed by atoms with E-state index in [1.807, 2.05) is 12.1 Å². The third-order valence-electron chi connectivity index (χ3n) is 3.94. The molecular formula is C17H17NO2. The summed E-state index contributed by atoms with van der Waals surface area (Å²) in [5, 5.41) is 9.97. The van der Waals surface area contributed by atoms with Gasteiger partial charge < -0.3 is 5.11 Å². The molecule has 0 radical (unpaired) electrons. The van der Waals surface area contributed by atoms with E-state index < -0.39 is 5.97 Å². The van der Waals surface area contributed by atoms with Crippen LogP contribution in [-0.2, 0) is 24.1 Å². The summed E-state index contributed by atoms with van der Waals surface area (Å²) in [4.78, 5) is 15.7. The van der Waals surface area contributed by atoms with E-state index >= 15 is 0 Å². The van der Waals surface area contributed by atoms with Gasteiger partial charge >= 0.3 is 5.97 Å². The molecule has 2 aromatic rings. The molecule has 0 saturated heterocycles. The Morgan fingerprint density at radius 1 is 1.40 bits per heavy atom. The van der Waals surface area contributed by atoms with Gasteiger partial charge in [0, 0.05) is 17.2 Å². The Kier molecular flexibility index (Phi) is 3.26. The molecule has 1 aromatic heterocycles. The van der Waals surface area contributed by atoms with E-state index in [0.717, 1.165) is 47.8 Å². The Labute approximate surface area is 118 Å². The molecular weight excluding hydrogens is 250 g/mol. The van der Waals surface area contributed by atoms with Crippen LogP contribution in [0.3, 0.4) is 0 Å². The first-order valence-electron chi connectivity index (χ1n) is 7.05. The van der Waals surface area contributed by atoms with Gasteiger partial charge in [0.1, 0.15) is 0 Å². The molecule has 0 spiro atoms. The van der Waals surface area contributed by atoms with Gasteiger partial charge in [-0.2, -0.15) is 0 Å². The Balaban J connectivity index is 2.32. The quantitative estimate of drug-likeness (QED) is 0.867. The number of fused-ring (bicyclic) bond motifs is 2. The first-order valence-corrected chi connectivity index (χ1v) is 7.05. The van der Waals surface area contributed by atoms with Crippen LogP contribution in [0.25, 0.3) is 17.0 Å². The number of carboxylic acid groups (broad SMARTS) is 1. The summed E-state index contributed by atoms with van der Waals surface area (Å²) in [6.45, 7) is 2.12. The van der Waals surface area contributed by atoms with Crippen LogP contribution < -0.4 is 0 Å². The van der Waals surface area contributed by atoms with Crippen molar-refractivity contribution in [1.29, 1.82) is 0 Å². The van der Waals surface area contributed by atoms with Crippen LogP contribution in [0.2, 0.25) is 0 Å². The van der Waals surface area contributed by atoms with Crippen molar-refractivity contribution in [3.05, 3.63) is 46.7 Å². The van der Waals surface area contributed by atoms with E-state index in [1.54, 1.807) is 6.08 Å². The molecule has 0 aliphatic heterocycles. The van der Waals surface area contributed by atoms with Crippen molar-refractivity contribution in [2.24, 2.45) is 0 Å². The number of carboxylic acids is 1. The minimum Gasteiger partial charge on any atom is -0.478 e. The fraction of sp³-hybridized carbons (Fsp3) is 0.294. The lowest BCUT2D eigenvalue weighted by Gasteiger charge is -2.11. The number of pyridine rings is 1. The number of hydrogen-bond acceptors (Lipinski definition) is 2. The van der Waals surface area contributed by atoms with Crippen molar-refractivity contribution in [1.82, 2.24) is 4.98 Å². The molecule has 1 aliphatic rings. The lowest BCUT2D eigenvalue weighted by molar-refractivity contribution is -0.131. The molecule has 1 aliphatic carbocycles. The lowest BCUT2D eigenvalue weighted by atomic mass is 9.98. The van der Waals surface area contributed by atoms with Gasteiger partial charge in [-0.25, -0.2) is 4.79 Å². The number of hydrogen-bond donors (Lipinski definition) is 1. The van der Waals surface area contributed by atoms with Crippen molar-refractivity contribution in [3.63, 3.8) is 0 Å². The van der Waals surface area contributed by atoms with Crippen molar-refractivity contribution in [2.45, 2.75) is 32.6 Å². The van der Waals surface area contributed by atoms with Crippen molar-refractivity contribution in [2.75, 3.05) is 0 Å². The average molecular weight is 267 g/mol. The third-order valence-corrected chi connectivity index (χ3v) is 3.94. The highest BCUT2D eigenvalue weighted by Gasteiger charge is 2.19. The zero-order valence-corrected chi connectivity index (χ0v) is 11.5. The Morgan fingerprint density at radius 3 is 3.00 bits per heavy atom. The Hall–Kier alpha value is -2.16. The van der Waals surface area contributed by atoms with Gasteiger partial charge in [-0.15, -0.1) is 0 Å². The minimum absolute atomic E-state index is 0.909. The minimum atomic E-state index is -0.909. The van der Waals surface area contributed by atoms with E-state index in [9.17, 15) is 4.79 Å². The van der Waals surface area contributed by atoms with Crippen molar-refractivity contribution in [3.8, 4) is 0 Å². The molecule has 3 rings (SSSR count). The highest BCUT2D eigenvalue weighted by atomic mass is 16.4. The summed E-state index contributed by atoms with van der Waals surface area (Å²) < 4.78 is 0. The van der Waals surface area contributed by atoms with E-state index in [2.05, 4.69) is 13.0 Å². The molecule has 1 aromatic carbocycles. The smallest absolute Gasteiger partial charge is 0.328 e. The fourth-order valence-corrected chi connectivity index (χ4v) is 3.01. The molecule has 0 fully saturated rings. The van der Waals surface area contributed by atoms with Gasteiger partial charge in [-0.05, 0) is 48.4 Å².